The fourth-order valence-corrected chi connectivity index (χ4v) is 1.71. The van der Waals surface area contributed by atoms with Gasteiger partial charge in [0, 0.05) is 19.3 Å². The lowest BCUT2D eigenvalue weighted by molar-refractivity contribution is 0.460. The number of nitrogens with zero attached hydrogens (tertiary/aromatic N) is 1. The first-order chi connectivity index (χ1) is 7.07. The molecule has 1 nitrogen and oxygen atoms in total. The zero-order chi connectivity index (χ0) is 11.4. The summed E-state index contributed by atoms with van der Waals surface area (Å²) in [6.07, 6.45) is 6.67. The molecule has 1 heterocycles. The minimum atomic E-state index is 0.972. The number of rotatable bonds is 4. The zero-order valence-electron chi connectivity index (χ0n) is 9.71. The fourth-order valence-electron chi connectivity index (χ4n) is 1.71. The summed E-state index contributed by atoms with van der Waals surface area (Å²) in [5.74, 6) is 0. The Bertz CT molecular complexity index is 356. The third-order valence-corrected chi connectivity index (χ3v) is 2.89. The first-order valence-electron chi connectivity index (χ1n) is 5.16. The highest BCUT2D eigenvalue weighted by Gasteiger charge is 2.17. The molecule has 0 N–H and O–H groups in total. The van der Waals surface area contributed by atoms with Crippen LogP contribution in [0.25, 0.3) is 0 Å². The maximum Gasteiger partial charge on any atom is 0.0213 e. The molecule has 0 radical (unpaired) electrons. The molecule has 0 saturated carbocycles. The number of hydrogen-bond donors (Lipinski definition) is 0. The molecular formula is C14H19N. The molecule has 0 aliphatic carbocycles. The highest BCUT2D eigenvalue weighted by atomic mass is 15.1. The van der Waals surface area contributed by atoms with E-state index in [4.69, 9.17) is 0 Å². The van der Waals surface area contributed by atoms with Crippen LogP contribution in [-0.4, -0.2) is 18.5 Å². The largest absolute Gasteiger partial charge is 0.378 e. The van der Waals surface area contributed by atoms with Crippen LogP contribution < -0.4 is 0 Å². The zero-order valence-corrected chi connectivity index (χ0v) is 9.71. The van der Waals surface area contributed by atoms with Gasteiger partial charge < -0.3 is 4.90 Å². The van der Waals surface area contributed by atoms with E-state index in [9.17, 15) is 0 Å². The molecule has 0 amide bonds. The summed E-state index contributed by atoms with van der Waals surface area (Å²) in [6, 6.07) is 0. The maximum atomic E-state index is 4.10. The van der Waals surface area contributed by atoms with Gasteiger partial charge in [-0.25, -0.2) is 0 Å². The summed E-state index contributed by atoms with van der Waals surface area (Å²) < 4.78 is 0. The van der Waals surface area contributed by atoms with Crippen molar-refractivity contribution >= 4 is 0 Å². The molecule has 1 aliphatic rings. The Kier molecular flexibility index (Phi) is 3.73. The van der Waals surface area contributed by atoms with E-state index in [2.05, 4.69) is 38.6 Å². The van der Waals surface area contributed by atoms with Gasteiger partial charge in [0.25, 0.3) is 0 Å². The van der Waals surface area contributed by atoms with Crippen LogP contribution in [0, 0.1) is 0 Å². The van der Waals surface area contributed by atoms with Gasteiger partial charge in [-0.2, -0.15) is 0 Å². The molecule has 0 aromatic heterocycles. The third-order valence-electron chi connectivity index (χ3n) is 2.89. The second kappa shape index (κ2) is 4.83. The molecule has 0 bridgehead atoms. The van der Waals surface area contributed by atoms with E-state index >= 15 is 0 Å². The van der Waals surface area contributed by atoms with Gasteiger partial charge >= 0.3 is 0 Å². The Morgan fingerprint density at radius 3 is 2.53 bits per heavy atom. The average Bonchev–Trinajstić information content (AvgIpc) is 2.55. The quantitative estimate of drug-likeness (QED) is 0.630. The smallest absolute Gasteiger partial charge is 0.0213 e. The Morgan fingerprint density at radius 1 is 1.40 bits per heavy atom. The van der Waals surface area contributed by atoms with E-state index in [0.717, 1.165) is 24.1 Å². The number of allylic oxidation sites excluding steroid dienone is 6. The highest BCUT2D eigenvalue weighted by molar-refractivity contribution is 5.51. The van der Waals surface area contributed by atoms with Crippen molar-refractivity contribution in [2.45, 2.75) is 13.3 Å². The van der Waals surface area contributed by atoms with Gasteiger partial charge in [-0.05, 0) is 30.1 Å². The molecule has 1 rings (SSSR count). The van der Waals surface area contributed by atoms with Gasteiger partial charge in [0.1, 0.15) is 0 Å². The standard InChI is InChI=1S/C14H19N/c1-6-7-8-11(2)12(3)14-9-10-15(5)13(14)4/h6-8H,1-3,9-10H2,4-5H3/b8-7-. The first kappa shape index (κ1) is 11.6. The molecule has 0 spiro atoms. The average molecular weight is 201 g/mol. The van der Waals surface area contributed by atoms with Crippen molar-refractivity contribution in [3.8, 4) is 0 Å². The molecule has 0 fully saturated rings. The Morgan fingerprint density at radius 2 is 2.07 bits per heavy atom. The van der Waals surface area contributed by atoms with Crippen LogP contribution in [0.4, 0.5) is 0 Å². The lowest BCUT2D eigenvalue weighted by atomic mass is 9.98. The fraction of sp³-hybridized carbons (Fsp3) is 0.286. The van der Waals surface area contributed by atoms with Gasteiger partial charge in [0.05, 0.1) is 0 Å². The molecule has 0 aromatic carbocycles. The monoisotopic (exact) mass is 201 g/mol. The summed E-state index contributed by atoms with van der Waals surface area (Å²) in [7, 11) is 2.11. The Labute approximate surface area is 92.8 Å². The van der Waals surface area contributed by atoms with Gasteiger partial charge in [-0.1, -0.05) is 38.0 Å². The van der Waals surface area contributed by atoms with Crippen LogP contribution in [0.5, 0.6) is 0 Å². The SMILES string of the molecule is C=C/C=C\C(=C)C(=C)C1=C(C)N(C)CC1. The van der Waals surface area contributed by atoms with Crippen LogP contribution >= 0.6 is 0 Å². The summed E-state index contributed by atoms with van der Waals surface area (Å²) in [5, 5.41) is 0. The predicted octanol–water partition coefficient (Wildman–Crippen LogP) is 3.45. The van der Waals surface area contributed by atoms with Gasteiger partial charge in [-0.15, -0.1) is 0 Å². The molecule has 1 heteroatoms. The van der Waals surface area contributed by atoms with Crippen molar-refractivity contribution in [1.82, 2.24) is 4.90 Å². The molecule has 0 aromatic rings. The van der Waals surface area contributed by atoms with Crippen molar-refractivity contribution < 1.29 is 0 Å². The van der Waals surface area contributed by atoms with Crippen LogP contribution in [0.1, 0.15) is 13.3 Å². The Balaban J connectivity index is 2.82. The van der Waals surface area contributed by atoms with E-state index in [1.165, 1.54) is 11.3 Å². The van der Waals surface area contributed by atoms with Gasteiger partial charge in [0.15, 0.2) is 0 Å². The molecule has 15 heavy (non-hydrogen) atoms. The lowest BCUT2D eigenvalue weighted by Gasteiger charge is -2.12. The summed E-state index contributed by atoms with van der Waals surface area (Å²) in [6.45, 7) is 15.0. The predicted molar refractivity (Wildman–Crippen MR) is 67.6 cm³/mol. The van der Waals surface area contributed by atoms with E-state index in [0.29, 0.717) is 0 Å². The molecular weight excluding hydrogens is 182 g/mol. The lowest BCUT2D eigenvalue weighted by Crippen LogP contribution is -2.10. The van der Waals surface area contributed by atoms with E-state index in [1.807, 2.05) is 12.2 Å². The van der Waals surface area contributed by atoms with Crippen LogP contribution in [0.3, 0.4) is 0 Å². The molecule has 0 unspecified atom stereocenters. The van der Waals surface area contributed by atoms with Crippen molar-refractivity contribution in [3.63, 3.8) is 0 Å². The second-order valence-electron chi connectivity index (χ2n) is 3.83. The minimum absolute atomic E-state index is 0.972. The summed E-state index contributed by atoms with van der Waals surface area (Å²) in [4.78, 5) is 2.25. The molecule has 1 aliphatic heterocycles. The van der Waals surface area contributed by atoms with Crippen molar-refractivity contribution in [1.29, 1.82) is 0 Å². The minimum Gasteiger partial charge on any atom is -0.378 e. The maximum absolute atomic E-state index is 4.10. The second-order valence-corrected chi connectivity index (χ2v) is 3.83. The normalized spacial score (nSPS) is 16.3. The molecule has 0 atom stereocenters. The molecule has 0 saturated heterocycles. The van der Waals surface area contributed by atoms with Crippen molar-refractivity contribution in [3.05, 3.63) is 60.4 Å². The van der Waals surface area contributed by atoms with E-state index in [-0.39, 0.29) is 0 Å². The topological polar surface area (TPSA) is 3.24 Å². The molecule has 80 valence electrons. The van der Waals surface area contributed by atoms with Gasteiger partial charge in [-0.3, -0.25) is 0 Å². The summed E-state index contributed by atoms with van der Waals surface area (Å²) in [5.41, 5.74) is 4.67. The van der Waals surface area contributed by atoms with Crippen LogP contribution in [-0.2, 0) is 0 Å². The van der Waals surface area contributed by atoms with Crippen molar-refractivity contribution in [2.75, 3.05) is 13.6 Å². The van der Waals surface area contributed by atoms with E-state index < -0.39 is 0 Å². The van der Waals surface area contributed by atoms with Crippen LogP contribution in [0.15, 0.2) is 60.4 Å². The summed E-state index contributed by atoms with van der Waals surface area (Å²) >= 11 is 0. The first-order valence-corrected chi connectivity index (χ1v) is 5.16. The van der Waals surface area contributed by atoms with Crippen molar-refractivity contribution in [2.24, 2.45) is 0 Å². The number of hydrogen-bond acceptors (Lipinski definition) is 1. The third kappa shape index (κ3) is 2.50. The van der Waals surface area contributed by atoms with E-state index in [1.54, 1.807) is 6.08 Å². The Hall–Kier alpha value is -1.50. The highest BCUT2D eigenvalue weighted by Crippen LogP contribution is 2.29. The van der Waals surface area contributed by atoms with Gasteiger partial charge in [0.2, 0.25) is 0 Å². The van der Waals surface area contributed by atoms with Crippen LogP contribution in [0.2, 0.25) is 0 Å².